The minimum Gasteiger partial charge on any atom is -0.756 e. The number of nitrogens with zero attached hydrogens (tertiary/aromatic N) is 1. The predicted molar refractivity (Wildman–Crippen MR) is 275 cm³/mol. The largest absolute Gasteiger partial charge is 0.756 e. The lowest BCUT2D eigenvalue weighted by atomic mass is 10.0. The molecule has 10 heteroatoms. The van der Waals surface area contributed by atoms with Gasteiger partial charge in [-0.3, -0.25) is 9.36 Å². The summed E-state index contributed by atoms with van der Waals surface area (Å²) in [6.07, 6.45) is 61.4. The third-order valence-corrected chi connectivity index (χ3v) is 11.5. The van der Waals surface area contributed by atoms with E-state index in [2.05, 4.69) is 129 Å². The van der Waals surface area contributed by atoms with Crippen LogP contribution < -0.4 is 10.2 Å². The highest BCUT2D eigenvalue weighted by molar-refractivity contribution is 7.45. The zero-order valence-corrected chi connectivity index (χ0v) is 42.6. The van der Waals surface area contributed by atoms with E-state index in [0.29, 0.717) is 30.3 Å². The Kier molecular flexibility index (Phi) is 42.9. The quantitative estimate of drug-likeness (QED) is 0.0240. The molecule has 3 N–H and O–H groups in total. The molecule has 0 aromatic carbocycles. The van der Waals surface area contributed by atoms with Crippen molar-refractivity contribution in [2.24, 2.45) is 0 Å². The smallest absolute Gasteiger partial charge is 0.268 e. The number of unbranched alkanes of at least 4 members (excludes halogenated alkanes) is 12. The lowest BCUT2D eigenvalue weighted by molar-refractivity contribution is -0.870. The van der Waals surface area contributed by atoms with Crippen molar-refractivity contribution in [1.29, 1.82) is 0 Å². The third kappa shape index (κ3) is 46.0. The van der Waals surface area contributed by atoms with E-state index in [1.165, 1.54) is 32.1 Å². The zero-order chi connectivity index (χ0) is 48.0. The first kappa shape index (κ1) is 62.1. The van der Waals surface area contributed by atoms with Crippen LogP contribution in [0.4, 0.5) is 0 Å². The van der Waals surface area contributed by atoms with Crippen molar-refractivity contribution in [3.05, 3.63) is 109 Å². The number of aliphatic hydroxyl groups is 2. The molecule has 372 valence electrons. The van der Waals surface area contributed by atoms with Crippen molar-refractivity contribution in [3.8, 4) is 0 Å². The number of quaternary nitrogens is 1. The average Bonchev–Trinajstić information content (AvgIpc) is 3.26. The lowest BCUT2D eigenvalue weighted by Crippen LogP contribution is -2.51. The highest BCUT2D eigenvalue weighted by atomic mass is 31.2. The van der Waals surface area contributed by atoms with E-state index in [0.717, 1.165) is 103 Å². The molecule has 0 spiro atoms. The minimum atomic E-state index is -4.69. The Morgan fingerprint density at radius 2 is 0.985 bits per heavy atom. The van der Waals surface area contributed by atoms with Gasteiger partial charge in [-0.15, -0.1) is 0 Å². The van der Waals surface area contributed by atoms with E-state index in [4.69, 9.17) is 9.05 Å². The van der Waals surface area contributed by atoms with Crippen molar-refractivity contribution >= 4 is 13.7 Å². The maximum absolute atomic E-state index is 12.9. The first-order chi connectivity index (χ1) is 31.4. The number of allylic oxidation sites excluding steroid dienone is 18. The van der Waals surface area contributed by atoms with Gasteiger partial charge in [0.05, 0.1) is 39.9 Å². The Morgan fingerprint density at radius 1 is 0.569 bits per heavy atom. The molecule has 4 unspecified atom stereocenters. The van der Waals surface area contributed by atoms with Crippen LogP contribution in [0.15, 0.2) is 109 Å². The summed E-state index contributed by atoms with van der Waals surface area (Å²) < 4.78 is 23.2. The van der Waals surface area contributed by atoms with Gasteiger partial charge in [0.2, 0.25) is 5.91 Å². The molecule has 0 heterocycles. The monoisotopic (exact) mass is 927 g/mol. The molecule has 0 saturated heterocycles. The van der Waals surface area contributed by atoms with Gasteiger partial charge in [-0.2, -0.15) is 0 Å². The molecule has 0 aliphatic heterocycles. The molecule has 0 aliphatic rings. The standard InChI is InChI=1S/C55H95N2O7P/c1-6-8-10-12-14-16-18-20-21-22-23-24-25-26-27-28-29-30-31-32-33-34-35-36-38-40-42-44-46-48-54(59)56-52(51-64-65(61,62)63-50-49-57(3,4)5)55(60)53(58)47-45-43-41-39-37-19-17-15-13-11-9-7-2/h8,10,14-17,20-21,23-24,26-27,29-30,32-33,39,41,52-53,55,58,60H,6-7,9,11-13,18-19,22,25,28,31,34-38,40,42-51H2,1-5H3,(H-,56,59,61,62)/b10-8-,16-14-,17-15+,21-20-,24-23-,27-26-,30-29-,33-32-,41-39+. The topological polar surface area (TPSA) is 128 Å². The molecule has 0 fully saturated rings. The summed E-state index contributed by atoms with van der Waals surface area (Å²) in [5, 5.41) is 24.6. The number of phosphoric ester groups is 1. The molecule has 0 aromatic rings. The number of rotatable bonds is 44. The van der Waals surface area contributed by atoms with Crippen LogP contribution in [0.5, 0.6) is 0 Å². The highest BCUT2D eigenvalue weighted by Gasteiger charge is 2.29. The minimum absolute atomic E-state index is 0.0575. The second kappa shape index (κ2) is 44.9. The van der Waals surface area contributed by atoms with E-state index in [-0.39, 0.29) is 18.9 Å². The van der Waals surface area contributed by atoms with E-state index in [1.54, 1.807) is 0 Å². The molecule has 65 heavy (non-hydrogen) atoms. The van der Waals surface area contributed by atoms with Crippen LogP contribution in [-0.2, 0) is 18.4 Å². The van der Waals surface area contributed by atoms with Gasteiger partial charge in [-0.1, -0.05) is 168 Å². The number of hydrogen-bond donors (Lipinski definition) is 3. The number of aliphatic hydroxyl groups excluding tert-OH is 2. The Labute approximate surface area is 398 Å². The molecule has 9 nitrogen and oxygen atoms in total. The van der Waals surface area contributed by atoms with Crippen molar-refractivity contribution < 1.29 is 38.0 Å². The van der Waals surface area contributed by atoms with Gasteiger partial charge < -0.3 is 34.0 Å². The predicted octanol–water partition coefficient (Wildman–Crippen LogP) is 13.2. The third-order valence-electron chi connectivity index (χ3n) is 10.6. The number of likely N-dealkylation sites (N-methyl/N-ethyl adjacent to an activating group) is 1. The Bertz CT molecular complexity index is 1440. The maximum atomic E-state index is 12.9. The first-order valence-electron chi connectivity index (χ1n) is 25.3. The summed E-state index contributed by atoms with van der Waals surface area (Å²) >= 11 is 0. The van der Waals surface area contributed by atoms with Crippen LogP contribution in [0.25, 0.3) is 0 Å². The summed E-state index contributed by atoms with van der Waals surface area (Å²) in [7, 11) is 1.07. The van der Waals surface area contributed by atoms with Gasteiger partial charge in [0.1, 0.15) is 19.3 Å². The van der Waals surface area contributed by atoms with Gasteiger partial charge in [-0.25, -0.2) is 0 Å². The molecule has 0 bridgehead atoms. The first-order valence-corrected chi connectivity index (χ1v) is 26.8. The average molecular weight is 927 g/mol. The fraction of sp³-hybridized carbons (Fsp3) is 0.655. The van der Waals surface area contributed by atoms with Crippen LogP contribution in [0, 0.1) is 0 Å². The molecule has 0 saturated carbocycles. The molecule has 0 aromatic heterocycles. The van der Waals surface area contributed by atoms with E-state index >= 15 is 0 Å². The molecular weight excluding hydrogens is 832 g/mol. The number of hydrogen-bond acceptors (Lipinski definition) is 7. The number of phosphoric acid groups is 1. The SMILES string of the molecule is CC/C=C\C/C=C\C/C=C\C/C=C\C/C=C\C/C=C\C/C=C\CCCCCCCCCC(=O)NC(COP(=O)([O-])OCC[N+](C)(C)C)C(O)C(O)CCC/C=C/CC/C=C/CCCCC. The van der Waals surface area contributed by atoms with Gasteiger partial charge in [-0.05, 0) is 109 Å². The van der Waals surface area contributed by atoms with Gasteiger partial charge >= 0.3 is 0 Å². The van der Waals surface area contributed by atoms with Crippen LogP contribution in [-0.4, -0.2) is 79.8 Å². The van der Waals surface area contributed by atoms with E-state index in [1.807, 2.05) is 21.1 Å². The Balaban J connectivity index is 4.38. The van der Waals surface area contributed by atoms with Crippen molar-refractivity contribution in [3.63, 3.8) is 0 Å². The second-order valence-corrected chi connectivity index (χ2v) is 19.3. The molecule has 0 radical (unpaired) electrons. The molecule has 4 atom stereocenters. The van der Waals surface area contributed by atoms with Crippen molar-refractivity contribution in [2.45, 2.75) is 193 Å². The summed E-state index contributed by atoms with van der Waals surface area (Å²) in [5.74, 6) is -0.310. The summed E-state index contributed by atoms with van der Waals surface area (Å²) in [5.41, 5.74) is 0. The summed E-state index contributed by atoms with van der Waals surface area (Å²) in [4.78, 5) is 25.4. The van der Waals surface area contributed by atoms with Crippen LogP contribution in [0.2, 0.25) is 0 Å². The Hall–Kier alpha value is -2.88. The Morgan fingerprint density at radius 3 is 1.48 bits per heavy atom. The van der Waals surface area contributed by atoms with E-state index in [9.17, 15) is 24.5 Å². The maximum Gasteiger partial charge on any atom is 0.268 e. The van der Waals surface area contributed by atoms with Crippen molar-refractivity contribution in [2.75, 3.05) is 40.9 Å². The van der Waals surface area contributed by atoms with Crippen LogP contribution in [0.3, 0.4) is 0 Å². The van der Waals surface area contributed by atoms with Gasteiger partial charge in [0.15, 0.2) is 0 Å². The molecule has 0 rings (SSSR count). The fourth-order valence-corrected chi connectivity index (χ4v) is 7.26. The summed E-state index contributed by atoms with van der Waals surface area (Å²) in [6.45, 7) is 4.23. The number of carbonyl (C=O) groups excluding carboxylic acids is 1. The fourth-order valence-electron chi connectivity index (χ4n) is 6.54. The van der Waals surface area contributed by atoms with Crippen LogP contribution in [0.1, 0.15) is 174 Å². The lowest BCUT2D eigenvalue weighted by Gasteiger charge is -2.31. The van der Waals surface area contributed by atoms with Gasteiger partial charge in [0.25, 0.3) is 7.82 Å². The number of carbonyl (C=O) groups is 1. The van der Waals surface area contributed by atoms with Gasteiger partial charge in [0, 0.05) is 6.42 Å². The zero-order valence-electron chi connectivity index (χ0n) is 41.8. The van der Waals surface area contributed by atoms with Crippen molar-refractivity contribution in [1.82, 2.24) is 5.32 Å². The van der Waals surface area contributed by atoms with E-state index < -0.39 is 32.7 Å². The molecule has 1 amide bonds. The number of amides is 1. The number of nitrogens with one attached hydrogen (secondary N) is 1. The highest BCUT2D eigenvalue weighted by Crippen LogP contribution is 2.38. The van der Waals surface area contributed by atoms with Crippen LogP contribution >= 0.6 is 7.82 Å². The molecule has 0 aliphatic carbocycles. The summed E-state index contributed by atoms with van der Waals surface area (Å²) in [6, 6.07) is -1.11. The molecular formula is C55H95N2O7P. The normalized spacial score (nSPS) is 15.5. The second-order valence-electron chi connectivity index (χ2n) is 17.9.